The molecule has 0 saturated carbocycles. The summed E-state index contributed by atoms with van der Waals surface area (Å²) < 4.78 is 9.57. The lowest BCUT2D eigenvalue weighted by molar-refractivity contribution is -0.115. The van der Waals surface area contributed by atoms with Crippen LogP contribution in [0.1, 0.15) is 23.9 Å². The molecule has 0 amide bonds. The summed E-state index contributed by atoms with van der Waals surface area (Å²) in [6, 6.07) is 3.99. The third-order valence-corrected chi connectivity index (χ3v) is 7.12. The third kappa shape index (κ3) is 2.74. The van der Waals surface area contributed by atoms with Crippen molar-refractivity contribution in [1.29, 1.82) is 0 Å². The summed E-state index contributed by atoms with van der Waals surface area (Å²) in [5, 5.41) is 9.94. The minimum atomic E-state index is -0.662. The maximum Gasteiger partial charge on any atom is 0.347 e. The van der Waals surface area contributed by atoms with Crippen molar-refractivity contribution in [1.82, 2.24) is 13.9 Å². The van der Waals surface area contributed by atoms with Crippen LogP contribution in [0.3, 0.4) is 0 Å². The molecule has 9 nitrogen and oxygen atoms in total. The number of halogens is 1. The van der Waals surface area contributed by atoms with Crippen LogP contribution < -0.4 is 16.1 Å². The number of aromatic nitrogens is 3. The maximum atomic E-state index is 13.3. The van der Waals surface area contributed by atoms with Gasteiger partial charge in [-0.25, -0.2) is 23.5 Å². The van der Waals surface area contributed by atoms with E-state index in [0.29, 0.717) is 26.0 Å². The van der Waals surface area contributed by atoms with Crippen molar-refractivity contribution in [2.45, 2.75) is 24.9 Å². The van der Waals surface area contributed by atoms with Crippen LogP contribution in [0.5, 0.6) is 11.5 Å². The second-order valence-corrected chi connectivity index (χ2v) is 9.07. The predicted octanol–water partition coefficient (Wildman–Crippen LogP) is 1.50. The normalized spacial score (nSPS) is 22.1. The number of hydrogen-bond acceptors (Lipinski definition) is 6. The van der Waals surface area contributed by atoms with Crippen molar-refractivity contribution >= 4 is 34.2 Å². The van der Waals surface area contributed by atoms with E-state index in [2.05, 4.69) is 0 Å². The molecule has 0 bridgehead atoms. The van der Waals surface area contributed by atoms with Crippen molar-refractivity contribution in [2.24, 2.45) is 7.05 Å². The molecular formula is C22H18IN3O6. The molecule has 3 aliphatic rings. The van der Waals surface area contributed by atoms with Crippen LogP contribution >= 0.6 is 22.6 Å². The number of phenolic OH excluding ortho intramolecular Hbond substituents is 1. The van der Waals surface area contributed by atoms with E-state index in [1.165, 1.54) is 41.7 Å². The van der Waals surface area contributed by atoms with Crippen molar-refractivity contribution in [3.63, 3.8) is 0 Å². The number of carbonyl (C=O) groups is 2. The first kappa shape index (κ1) is 20.7. The first-order chi connectivity index (χ1) is 15.2. The SMILES string of the molecule is COc1cc(O)ccc1[C@H]1C2=CCn3c(=O)n(C)c(=O)n3[C@@H]2CC2=C1C(=O)C(I)=CC2=O. The smallest absolute Gasteiger partial charge is 0.347 e. The summed E-state index contributed by atoms with van der Waals surface area (Å²) in [5.74, 6) is -0.836. The highest BCUT2D eigenvalue weighted by atomic mass is 127. The van der Waals surface area contributed by atoms with Gasteiger partial charge in [-0.3, -0.25) is 9.59 Å². The molecule has 10 heteroatoms. The number of carbonyl (C=O) groups excluding carboxylic acids is 2. The van der Waals surface area contributed by atoms with Gasteiger partial charge >= 0.3 is 11.4 Å². The van der Waals surface area contributed by atoms with E-state index < -0.39 is 23.3 Å². The second kappa shape index (κ2) is 7.19. The van der Waals surface area contributed by atoms with Crippen molar-refractivity contribution in [3.8, 4) is 11.5 Å². The molecule has 1 N–H and O–H groups in total. The molecule has 2 atom stereocenters. The van der Waals surface area contributed by atoms with Gasteiger partial charge in [0.1, 0.15) is 11.5 Å². The van der Waals surface area contributed by atoms with E-state index >= 15 is 0 Å². The monoisotopic (exact) mass is 547 g/mol. The van der Waals surface area contributed by atoms with Crippen LogP contribution in [0.25, 0.3) is 0 Å². The van der Waals surface area contributed by atoms with E-state index in [9.17, 15) is 24.3 Å². The lowest BCUT2D eigenvalue weighted by Crippen LogP contribution is -2.40. The number of phenols is 1. The van der Waals surface area contributed by atoms with Crippen LogP contribution in [0.15, 0.2) is 60.2 Å². The number of allylic oxidation sites excluding steroid dienone is 6. The fourth-order valence-electron chi connectivity index (χ4n) is 4.87. The molecule has 32 heavy (non-hydrogen) atoms. The Hall–Kier alpha value is -3.15. The average molecular weight is 547 g/mol. The number of benzene rings is 1. The van der Waals surface area contributed by atoms with Gasteiger partial charge in [0, 0.05) is 48.2 Å². The highest BCUT2D eigenvalue weighted by Gasteiger charge is 2.45. The van der Waals surface area contributed by atoms with E-state index in [4.69, 9.17) is 4.74 Å². The summed E-state index contributed by atoms with van der Waals surface area (Å²) in [6.07, 6.45) is 3.28. The molecule has 0 saturated heterocycles. The summed E-state index contributed by atoms with van der Waals surface area (Å²) in [4.78, 5) is 51.7. The van der Waals surface area contributed by atoms with Gasteiger partial charge in [-0.05, 0) is 34.2 Å². The second-order valence-electron chi connectivity index (χ2n) is 7.91. The molecule has 0 fully saturated rings. The Balaban J connectivity index is 1.81. The number of ketones is 2. The molecule has 1 aromatic carbocycles. The van der Waals surface area contributed by atoms with E-state index in [-0.39, 0.29) is 30.3 Å². The number of rotatable bonds is 2. The Morgan fingerprint density at radius 1 is 1.16 bits per heavy atom. The molecule has 0 radical (unpaired) electrons. The number of hydrogen-bond donors (Lipinski definition) is 1. The Morgan fingerprint density at radius 3 is 2.62 bits per heavy atom. The number of nitrogens with zero attached hydrogens (tertiary/aromatic N) is 3. The highest BCUT2D eigenvalue weighted by Crippen LogP contribution is 2.52. The molecular weight excluding hydrogens is 529 g/mol. The minimum Gasteiger partial charge on any atom is -0.508 e. The van der Waals surface area contributed by atoms with Crippen molar-refractivity contribution in [2.75, 3.05) is 7.11 Å². The molecule has 1 aromatic heterocycles. The highest BCUT2D eigenvalue weighted by molar-refractivity contribution is 14.1. The Labute approximate surface area is 195 Å². The molecule has 1 aliphatic heterocycles. The number of methoxy groups -OCH3 is 1. The molecule has 2 aromatic rings. The summed E-state index contributed by atoms with van der Waals surface area (Å²) >= 11 is 1.86. The van der Waals surface area contributed by atoms with Gasteiger partial charge < -0.3 is 9.84 Å². The van der Waals surface area contributed by atoms with E-state index in [1.807, 2.05) is 28.7 Å². The number of Topliss-reactive ketones (excluding diaryl/α,β-unsaturated/α-hetero) is 1. The van der Waals surface area contributed by atoms with E-state index in [1.54, 1.807) is 6.07 Å². The van der Waals surface area contributed by atoms with E-state index in [0.717, 1.165) is 10.1 Å². The lowest BCUT2D eigenvalue weighted by Gasteiger charge is -2.39. The van der Waals surface area contributed by atoms with Gasteiger partial charge in [0.05, 0.1) is 23.3 Å². The molecule has 2 aliphatic carbocycles. The fourth-order valence-corrected chi connectivity index (χ4v) is 5.44. The van der Waals surface area contributed by atoms with Gasteiger partial charge in [-0.2, -0.15) is 0 Å². The molecule has 0 unspecified atom stereocenters. The quantitative estimate of drug-likeness (QED) is 0.347. The molecule has 164 valence electrons. The number of aromatic hydroxyl groups is 1. The minimum absolute atomic E-state index is 0.00146. The van der Waals surface area contributed by atoms with Crippen molar-refractivity contribution in [3.05, 3.63) is 77.2 Å². The topological polar surface area (TPSA) is 113 Å². The lowest BCUT2D eigenvalue weighted by atomic mass is 9.68. The Morgan fingerprint density at radius 2 is 1.91 bits per heavy atom. The summed E-state index contributed by atoms with van der Waals surface area (Å²) in [5.41, 5.74) is 1.10. The standard InChI is InChI=1S/C22H18IN3O6/c1-24-21(30)25-6-5-11-15(26(25)22(24)31)8-13-16(28)9-14(23)20(29)19(13)18(11)12-4-3-10(27)7-17(12)32-2/h3-5,7,9,15,18,27H,6,8H2,1-2H3/t15-,18-/m1/s1. The van der Waals surface area contributed by atoms with Gasteiger partial charge in [-0.15, -0.1) is 0 Å². The summed E-state index contributed by atoms with van der Waals surface area (Å²) in [7, 11) is 2.87. The van der Waals surface area contributed by atoms with Gasteiger partial charge in [0.2, 0.25) is 0 Å². The summed E-state index contributed by atoms with van der Waals surface area (Å²) in [6.45, 7) is 0.162. The van der Waals surface area contributed by atoms with Crippen LogP contribution in [0.2, 0.25) is 0 Å². The van der Waals surface area contributed by atoms with Crippen LogP contribution in [-0.4, -0.2) is 37.7 Å². The zero-order valence-electron chi connectivity index (χ0n) is 17.2. The zero-order valence-corrected chi connectivity index (χ0v) is 19.3. The maximum absolute atomic E-state index is 13.3. The zero-order chi connectivity index (χ0) is 22.9. The third-order valence-electron chi connectivity index (χ3n) is 6.32. The van der Waals surface area contributed by atoms with Gasteiger partial charge in [0.25, 0.3) is 0 Å². The number of ether oxygens (including phenoxy) is 1. The number of fused-ring (bicyclic) bond motifs is 3. The van der Waals surface area contributed by atoms with Gasteiger partial charge in [0.15, 0.2) is 11.6 Å². The fraction of sp³-hybridized carbons (Fsp3) is 0.273. The first-order valence-corrected chi connectivity index (χ1v) is 11.0. The van der Waals surface area contributed by atoms with Crippen LogP contribution in [0.4, 0.5) is 0 Å². The van der Waals surface area contributed by atoms with Crippen LogP contribution in [0, 0.1) is 0 Å². The Kier molecular flexibility index (Phi) is 4.66. The average Bonchev–Trinajstić information content (AvgIpc) is 3.00. The first-order valence-electron chi connectivity index (χ1n) is 9.89. The van der Waals surface area contributed by atoms with Crippen molar-refractivity contribution < 1.29 is 19.4 Å². The molecule has 2 heterocycles. The predicted molar refractivity (Wildman–Crippen MR) is 122 cm³/mol. The molecule has 0 spiro atoms. The van der Waals surface area contributed by atoms with Crippen LogP contribution in [-0.2, 0) is 23.2 Å². The largest absolute Gasteiger partial charge is 0.508 e. The van der Waals surface area contributed by atoms with Gasteiger partial charge in [-0.1, -0.05) is 12.1 Å². The molecule has 5 rings (SSSR count). The Bertz CT molecular complexity index is 1430.